The third-order valence-electron chi connectivity index (χ3n) is 5.12. The fourth-order valence-electron chi connectivity index (χ4n) is 3.57. The number of carbonyl (C=O) groups excluding carboxylic acids is 1. The summed E-state index contributed by atoms with van der Waals surface area (Å²) in [6.45, 7) is 0. The minimum atomic E-state index is -4.36. The van der Waals surface area contributed by atoms with Crippen molar-refractivity contribution in [3.63, 3.8) is 0 Å². The predicted molar refractivity (Wildman–Crippen MR) is 94.9 cm³/mol. The summed E-state index contributed by atoms with van der Waals surface area (Å²) in [6, 6.07) is 9.39. The lowest BCUT2D eigenvalue weighted by Gasteiger charge is -2.26. The number of halogens is 4. The van der Waals surface area contributed by atoms with Gasteiger partial charge in [-0.05, 0) is 60.2 Å². The van der Waals surface area contributed by atoms with Crippen LogP contribution < -0.4 is 5.32 Å². The molecule has 4 rings (SSSR count). The minimum Gasteiger partial charge on any atom is -0.349 e. The first-order chi connectivity index (χ1) is 12.8. The molecule has 3 unspecified atom stereocenters. The molecule has 1 saturated carbocycles. The molecule has 142 valence electrons. The summed E-state index contributed by atoms with van der Waals surface area (Å²) < 4.78 is 51.6. The zero-order valence-electron chi connectivity index (χ0n) is 14.2. The molecule has 1 heterocycles. The van der Waals surface area contributed by atoms with Crippen molar-refractivity contribution in [1.82, 2.24) is 5.32 Å². The van der Waals surface area contributed by atoms with Gasteiger partial charge < -0.3 is 5.32 Å². The smallest absolute Gasteiger partial charge is 0.349 e. The van der Waals surface area contributed by atoms with Gasteiger partial charge in [0.15, 0.2) is 0 Å². The van der Waals surface area contributed by atoms with Crippen LogP contribution in [0.4, 0.5) is 17.6 Å². The van der Waals surface area contributed by atoms with Crippen LogP contribution in [0.2, 0.25) is 0 Å². The number of nitrogens with one attached hydrogen (secondary N) is 1. The van der Waals surface area contributed by atoms with Crippen LogP contribution in [-0.2, 0) is 11.0 Å². The van der Waals surface area contributed by atoms with E-state index in [1.54, 1.807) is 17.8 Å². The summed E-state index contributed by atoms with van der Waals surface area (Å²) in [5, 5.41) is 3.00. The summed E-state index contributed by atoms with van der Waals surface area (Å²) in [6.07, 6.45) is -3.01. The Hall–Kier alpha value is -2.02. The van der Waals surface area contributed by atoms with Gasteiger partial charge in [0.2, 0.25) is 5.91 Å². The Bertz CT molecular complexity index is 865. The topological polar surface area (TPSA) is 29.1 Å². The molecule has 0 aromatic heterocycles. The minimum absolute atomic E-state index is 0.0581. The summed E-state index contributed by atoms with van der Waals surface area (Å²) in [7, 11) is 0. The van der Waals surface area contributed by atoms with Gasteiger partial charge in [-0.25, -0.2) is 4.39 Å². The highest BCUT2D eigenvalue weighted by Crippen LogP contribution is 2.48. The average molecular weight is 395 g/mol. The molecular formula is C20H17F4NOS. The lowest BCUT2D eigenvalue weighted by molar-refractivity contribution is -0.137. The van der Waals surface area contributed by atoms with E-state index in [0.717, 1.165) is 40.3 Å². The van der Waals surface area contributed by atoms with Crippen LogP contribution in [0.1, 0.15) is 41.5 Å². The van der Waals surface area contributed by atoms with Gasteiger partial charge in [0.25, 0.3) is 0 Å². The number of carbonyl (C=O) groups is 1. The Morgan fingerprint density at radius 1 is 1.11 bits per heavy atom. The Morgan fingerprint density at radius 2 is 1.85 bits per heavy atom. The second-order valence-electron chi connectivity index (χ2n) is 6.95. The summed E-state index contributed by atoms with van der Waals surface area (Å²) in [4.78, 5) is 13.6. The van der Waals surface area contributed by atoms with Gasteiger partial charge in [0.05, 0.1) is 11.6 Å². The van der Waals surface area contributed by atoms with Crippen LogP contribution in [-0.4, -0.2) is 11.7 Å². The maximum Gasteiger partial charge on any atom is 0.416 e. The van der Waals surface area contributed by atoms with Crippen LogP contribution in [0.3, 0.4) is 0 Å². The Labute approximate surface area is 158 Å². The van der Waals surface area contributed by atoms with Crippen molar-refractivity contribution in [1.29, 1.82) is 0 Å². The van der Waals surface area contributed by atoms with Crippen molar-refractivity contribution >= 4 is 17.7 Å². The molecule has 27 heavy (non-hydrogen) atoms. The van der Waals surface area contributed by atoms with Gasteiger partial charge in [-0.2, -0.15) is 13.2 Å². The SMILES string of the molecule is O=C(NC1CCSc2ccc(F)cc21)C1CC1c1ccc(C(F)(F)F)cc1. The Morgan fingerprint density at radius 3 is 2.56 bits per heavy atom. The molecule has 0 bridgehead atoms. The van der Waals surface area contributed by atoms with Gasteiger partial charge >= 0.3 is 6.18 Å². The number of alkyl halides is 3. The maximum atomic E-state index is 13.6. The van der Waals surface area contributed by atoms with Crippen molar-refractivity contribution in [3.05, 3.63) is 65.0 Å². The van der Waals surface area contributed by atoms with E-state index in [1.807, 2.05) is 0 Å². The first-order valence-corrected chi connectivity index (χ1v) is 9.71. The molecule has 0 radical (unpaired) electrons. The average Bonchev–Trinajstić information content (AvgIpc) is 3.42. The van der Waals surface area contributed by atoms with Crippen LogP contribution in [0.5, 0.6) is 0 Å². The summed E-state index contributed by atoms with van der Waals surface area (Å²) in [5.41, 5.74) is 0.853. The molecule has 3 atom stereocenters. The Kier molecular flexibility index (Phi) is 4.66. The van der Waals surface area contributed by atoms with E-state index in [-0.39, 0.29) is 29.6 Å². The van der Waals surface area contributed by atoms with Crippen LogP contribution in [0.15, 0.2) is 47.4 Å². The highest BCUT2D eigenvalue weighted by atomic mass is 32.2. The van der Waals surface area contributed by atoms with Crippen molar-refractivity contribution in [2.75, 3.05) is 5.75 Å². The number of hydrogen-bond donors (Lipinski definition) is 1. The third-order valence-corrected chi connectivity index (χ3v) is 6.24. The molecule has 0 saturated heterocycles. The highest BCUT2D eigenvalue weighted by molar-refractivity contribution is 7.99. The lowest BCUT2D eigenvalue weighted by Crippen LogP contribution is -2.32. The lowest BCUT2D eigenvalue weighted by atomic mass is 10.0. The normalized spacial score (nSPS) is 24.2. The first kappa shape index (κ1) is 18.3. The molecule has 1 aliphatic carbocycles. The van der Waals surface area contributed by atoms with Gasteiger partial charge in [-0.1, -0.05) is 12.1 Å². The van der Waals surface area contributed by atoms with Gasteiger partial charge in [0, 0.05) is 16.6 Å². The number of thioether (sulfide) groups is 1. The zero-order chi connectivity index (χ0) is 19.2. The molecule has 7 heteroatoms. The zero-order valence-corrected chi connectivity index (χ0v) is 15.0. The van der Waals surface area contributed by atoms with Crippen molar-refractivity contribution in [3.8, 4) is 0 Å². The summed E-state index contributed by atoms with van der Waals surface area (Å²) in [5.74, 6) is 0.0958. The molecule has 2 aromatic carbocycles. The molecule has 2 nitrogen and oxygen atoms in total. The van der Waals surface area contributed by atoms with Gasteiger partial charge in [0.1, 0.15) is 5.82 Å². The van der Waals surface area contributed by atoms with Crippen LogP contribution in [0.25, 0.3) is 0 Å². The fourth-order valence-corrected chi connectivity index (χ4v) is 4.67. The standard InChI is InChI=1S/C20H17F4NOS/c21-13-5-6-18-16(9-13)17(7-8-27-18)25-19(26)15-10-14(15)11-1-3-12(4-2-11)20(22,23)24/h1-6,9,14-15,17H,7-8,10H2,(H,25,26). The molecule has 0 spiro atoms. The Balaban J connectivity index is 1.42. The molecule has 1 amide bonds. The summed E-state index contributed by atoms with van der Waals surface area (Å²) >= 11 is 1.64. The van der Waals surface area contributed by atoms with E-state index in [9.17, 15) is 22.4 Å². The third kappa shape index (κ3) is 3.83. The number of amides is 1. The maximum absolute atomic E-state index is 13.6. The first-order valence-electron chi connectivity index (χ1n) is 8.73. The van der Waals surface area contributed by atoms with Crippen LogP contribution in [0, 0.1) is 11.7 Å². The van der Waals surface area contributed by atoms with Gasteiger partial charge in [-0.15, -0.1) is 11.8 Å². The van der Waals surface area contributed by atoms with E-state index in [2.05, 4.69) is 5.32 Å². The molecule has 2 aromatic rings. The molecular weight excluding hydrogens is 378 g/mol. The van der Waals surface area contributed by atoms with E-state index < -0.39 is 11.7 Å². The van der Waals surface area contributed by atoms with E-state index in [1.165, 1.54) is 24.3 Å². The van der Waals surface area contributed by atoms with E-state index >= 15 is 0 Å². The van der Waals surface area contributed by atoms with Gasteiger partial charge in [-0.3, -0.25) is 4.79 Å². The highest BCUT2D eigenvalue weighted by Gasteiger charge is 2.45. The number of hydrogen-bond acceptors (Lipinski definition) is 2. The van der Waals surface area contributed by atoms with E-state index in [4.69, 9.17) is 0 Å². The predicted octanol–water partition coefficient (Wildman–Crippen LogP) is 5.30. The van der Waals surface area contributed by atoms with E-state index in [0.29, 0.717) is 6.42 Å². The number of fused-ring (bicyclic) bond motifs is 1. The molecule has 2 aliphatic rings. The van der Waals surface area contributed by atoms with Crippen molar-refractivity contribution < 1.29 is 22.4 Å². The molecule has 1 N–H and O–H groups in total. The molecule has 1 aliphatic heterocycles. The van der Waals surface area contributed by atoms with Crippen molar-refractivity contribution in [2.45, 2.75) is 35.9 Å². The molecule has 1 fully saturated rings. The van der Waals surface area contributed by atoms with Crippen molar-refractivity contribution in [2.24, 2.45) is 5.92 Å². The monoisotopic (exact) mass is 395 g/mol. The quantitative estimate of drug-likeness (QED) is 0.715. The fraction of sp³-hybridized carbons (Fsp3) is 0.350. The van der Waals surface area contributed by atoms with Crippen LogP contribution >= 0.6 is 11.8 Å². The second-order valence-corrected chi connectivity index (χ2v) is 8.09. The largest absolute Gasteiger partial charge is 0.416 e. The number of benzene rings is 2. The number of rotatable bonds is 3. The second kappa shape index (κ2) is 6.86.